The number of para-hydroxylation sites is 2. The van der Waals surface area contributed by atoms with Crippen LogP contribution in [0.3, 0.4) is 0 Å². The highest BCUT2D eigenvalue weighted by molar-refractivity contribution is 5.97. The van der Waals surface area contributed by atoms with Crippen molar-refractivity contribution in [3.05, 3.63) is 218 Å². The second-order valence-electron chi connectivity index (χ2n) is 14.1. The first-order chi connectivity index (χ1) is 28.7. The number of fused-ring (bicyclic) bond motifs is 2. The van der Waals surface area contributed by atoms with E-state index in [2.05, 4.69) is 175 Å². The third-order valence-electron chi connectivity index (χ3n) is 10.3. The minimum atomic E-state index is 0.570. The fourth-order valence-electron chi connectivity index (χ4n) is 7.56. The summed E-state index contributed by atoms with van der Waals surface area (Å²) in [4.78, 5) is 17.6. The van der Waals surface area contributed by atoms with Gasteiger partial charge >= 0.3 is 0 Å². The molecule has 1 aromatic heterocycles. The molecule has 9 aromatic carbocycles. The molecule has 0 N–H and O–H groups in total. The van der Waals surface area contributed by atoms with Crippen molar-refractivity contribution < 1.29 is 4.74 Å². The van der Waals surface area contributed by atoms with Gasteiger partial charge in [-0.05, 0) is 93.3 Å². The number of benzene rings is 9. The van der Waals surface area contributed by atoms with E-state index in [-0.39, 0.29) is 0 Å². The van der Waals surface area contributed by atoms with E-state index in [1.807, 2.05) is 48.5 Å². The molecule has 0 spiro atoms. The lowest BCUT2D eigenvalue weighted by atomic mass is 10.0. The number of hydrogen-bond donors (Lipinski definition) is 0. The Morgan fingerprint density at radius 2 is 0.741 bits per heavy atom. The van der Waals surface area contributed by atoms with E-state index < -0.39 is 0 Å². The lowest BCUT2D eigenvalue weighted by Crippen LogP contribution is -2.09. The van der Waals surface area contributed by atoms with Crippen LogP contribution in [-0.2, 0) is 0 Å². The first-order valence-electron chi connectivity index (χ1n) is 19.3. The summed E-state index contributed by atoms with van der Waals surface area (Å²) in [5.41, 5.74) is 8.17. The van der Waals surface area contributed by atoms with Crippen LogP contribution in [0, 0.1) is 0 Å². The molecule has 5 nitrogen and oxygen atoms in total. The van der Waals surface area contributed by atoms with Gasteiger partial charge in [0.1, 0.15) is 11.5 Å². The van der Waals surface area contributed by atoms with Crippen LogP contribution < -0.4 is 9.64 Å². The Hall–Kier alpha value is -7.89. The van der Waals surface area contributed by atoms with Crippen molar-refractivity contribution in [2.24, 2.45) is 0 Å². The summed E-state index contributed by atoms with van der Waals surface area (Å²) in [6, 6.07) is 74.9. The second kappa shape index (κ2) is 15.3. The Labute approximate surface area is 337 Å². The number of hydrogen-bond acceptors (Lipinski definition) is 5. The largest absolute Gasteiger partial charge is 0.457 e. The molecular weight excluding hydrogens is 709 g/mol. The lowest BCUT2D eigenvalue weighted by Gasteiger charge is -2.25. The summed E-state index contributed by atoms with van der Waals surface area (Å²) < 4.78 is 6.55. The molecule has 0 atom stereocenters. The number of rotatable bonds is 9. The highest BCUT2D eigenvalue weighted by Gasteiger charge is 2.17. The van der Waals surface area contributed by atoms with Crippen molar-refractivity contribution in [3.63, 3.8) is 0 Å². The fraction of sp³-hybridized carbons (Fsp3) is 0. The van der Waals surface area contributed by atoms with Crippen molar-refractivity contribution in [1.29, 1.82) is 0 Å². The number of aromatic nitrogens is 3. The van der Waals surface area contributed by atoms with Gasteiger partial charge in [0, 0.05) is 33.8 Å². The van der Waals surface area contributed by atoms with Crippen LogP contribution in [0.4, 0.5) is 17.1 Å². The standard InChI is InChI=1S/C53H36N4O/c1-3-21-42(22-4-1)57(43-23-5-2-6-24-43)44-33-31-37(32-34-44)40-19-11-25-45(35-40)58-46-26-12-20-41(36-46)51-54-52(49-29-13-17-38-15-7-9-27-47(38)49)56-53(55-51)50-30-14-18-39-16-8-10-28-48(39)50/h1-36H. The number of ether oxygens (including phenoxy) is 1. The van der Waals surface area contributed by atoms with Crippen LogP contribution in [0.2, 0.25) is 0 Å². The summed E-state index contributed by atoms with van der Waals surface area (Å²) in [6.07, 6.45) is 0. The Bertz CT molecular complexity index is 2890. The molecular formula is C53H36N4O. The Balaban J connectivity index is 0.982. The van der Waals surface area contributed by atoms with Gasteiger partial charge in [0.2, 0.25) is 0 Å². The highest BCUT2D eigenvalue weighted by Crippen LogP contribution is 2.37. The van der Waals surface area contributed by atoms with Gasteiger partial charge in [0.15, 0.2) is 17.5 Å². The van der Waals surface area contributed by atoms with Gasteiger partial charge in [-0.2, -0.15) is 0 Å². The number of anilines is 3. The smallest absolute Gasteiger partial charge is 0.164 e. The summed E-state index contributed by atoms with van der Waals surface area (Å²) in [5, 5.41) is 4.43. The summed E-state index contributed by atoms with van der Waals surface area (Å²) in [5.74, 6) is 3.22. The molecule has 274 valence electrons. The molecule has 0 aliphatic heterocycles. The van der Waals surface area contributed by atoms with E-state index in [1.165, 1.54) is 0 Å². The molecule has 58 heavy (non-hydrogen) atoms. The minimum Gasteiger partial charge on any atom is -0.457 e. The van der Waals surface area contributed by atoms with Gasteiger partial charge in [-0.15, -0.1) is 0 Å². The van der Waals surface area contributed by atoms with Gasteiger partial charge in [-0.1, -0.05) is 158 Å². The average Bonchev–Trinajstić information content (AvgIpc) is 3.30. The normalized spacial score (nSPS) is 11.1. The summed E-state index contributed by atoms with van der Waals surface area (Å²) in [7, 11) is 0. The molecule has 0 amide bonds. The highest BCUT2D eigenvalue weighted by atomic mass is 16.5. The second-order valence-corrected chi connectivity index (χ2v) is 14.1. The van der Waals surface area contributed by atoms with E-state index in [0.717, 1.165) is 72.2 Å². The third-order valence-corrected chi connectivity index (χ3v) is 10.3. The van der Waals surface area contributed by atoms with Crippen molar-refractivity contribution in [1.82, 2.24) is 15.0 Å². The van der Waals surface area contributed by atoms with Gasteiger partial charge in [0.25, 0.3) is 0 Å². The van der Waals surface area contributed by atoms with Gasteiger partial charge in [-0.25, -0.2) is 15.0 Å². The molecule has 0 radical (unpaired) electrons. The molecule has 5 heteroatoms. The minimum absolute atomic E-state index is 0.570. The fourth-order valence-corrected chi connectivity index (χ4v) is 7.56. The Morgan fingerprint density at radius 3 is 1.31 bits per heavy atom. The monoisotopic (exact) mass is 744 g/mol. The maximum absolute atomic E-state index is 6.55. The van der Waals surface area contributed by atoms with Crippen molar-refractivity contribution >= 4 is 38.6 Å². The molecule has 10 rings (SSSR count). The zero-order valence-corrected chi connectivity index (χ0v) is 31.5. The third kappa shape index (κ3) is 6.93. The summed E-state index contributed by atoms with van der Waals surface area (Å²) >= 11 is 0. The van der Waals surface area contributed by atoms with E-state index in [9.17, 15) is 0 Å². The molecule has 1 heterocycles. The molecule has 10 aromatic rings. The molecule has 0 saturated heterocycles. The van der Waals surface area contributed by atoms with E-state index >= 15 is 0 Å². The molecule has 0 aliphatic carbocycles. The van der Waals surface area contributed by atoms with Crippen LogP contribution in [0.25, 0.3) is 66.8 Å². The van der Waals surface area contributed by atoms with E-state index in [0.29, 0.717) is 23.2 Å². The lowest BCUT2D eigenvalue weighted by molar-refractivity contribution is 0.483. The van der Waals surface area contributed by atoms with Gasteiger partial charge in [0.05, 0.1) is 0 Å². The van der Waals surface area contributed by atoms with E-state index in [4.69, 9.17) is 19.7 Å². The predicted octanol–water partition coefficient (Wildman–Crippen LogP) is 14.1. The molecule has 0 aliphatic rings. The van der Waals surface area contributed by atoms with Crippen LogP contribution in [-0.4, -0.2) is 15.0 Å². The Kier molecular flexibility index (Phi) is 9.14. The van der Waals surface area contributed by atoms with Crippen molar-refractivity contribution in [3.8, 4) is 56.8 Å². The molecule has 0 saturated carbocycles. The zero-order chi connectivity index (χ0) is 38.7. The predicted molar refractivity (Wildman–Crippen MR) is 238 cm³/mol. The molecule has 0 bridgehead atoms. The molecule has 0 unspecified atom stereocenters. The number of nitrogens with zero attached hydrogens (tertiary/aromatic N) is 4. The average molecular weight is 745 g/mol. The first kappa shape index (κ1) is 34.6. The van der Waals surface area contributed by atoms with Crippen LogP contribution >= 0.6 is 0 Å². The van der Waals surface area contributed by atoms with E-state index in [1.54, 1.807) is 0 Å². The zero-order valence-electron chi connectivity index (χ0n) is 31.5. The van der Waals surface area contributed by atoms with Gasteiger partial charge < -0.3 is 9.64 Å². The van der Waals surface area contributed by atoms with Crippen molar-refractivity contribution in [2.45, 2.75) is 0 Å². The maximum Gasteiger partial charge on any atom is 0.164 e. The topological polar surface area (TPSA) is 51.1 Å². The van der Waals surface area contributed by atoms with Crippen LogP contribution in [0.5, 0.6) is 11.5 Å². The van der Waals surface area contributed by atoms with Gasteiger partial charge in [-0.3, -0.25) is 0 Å². The quantitative estimate of drug-likeness (QED) is 0.147. The van der Waals surface area contributed by atoms with Crippen molar-refractivity contribution in [2.75, 3.05) is 4.90 Å². The SMILES string of the molecule is c1ccc(N(c2ccccc2)c2ccc(-c3cccc(Oc4cccc(-c5nc(-c6cccc7ccccc67)nc(-c6cccc7ccccc67)n5)c4)c3)cc2)cc1. The van der Waals surface area contributed by atoms with Crippen LogP contribution in [0.1, 0.15) is 0 Å². The maximum atomic E-state index is 6.55. The summed E-state index contributed by atoms with van der Waals surface area (Å²) in [6.45, 7) is 0. The first-order valence-corrected chi connectivity index (χ1v) is 19.3. The Morgan fingerprint density at radius 1 is 0.310 bits per heavy atom. The molecule has 0 fully saturated rings. The van der Waals surface area contributed by atoms with Crippen LogP contribution in [0.15, 0.2) is 218 Å².